The van der Waals surface area contributed by atoms with Gasteiger partial charge in [-0.1, -0.05) is 0 Å². The van der Waals surface area contributed by atoms with Crippen LogP contribution >= 0.6 is 0 Å². The second kappa shape index (κ2) is 3.70. The Hall–Kier alpha value is -1.10. The van der Waals surface area contributed by atoms with E-state index < -0.39 is 8.32 Å². The molecule has 1 heterocycles. The van der Waals surface area contributed by atoms with Gasteiger partial charge in [0.05, 0.1) is 17.6 Å². The average molecular weight is 266 g/mol. The van der Waals surface area contributed by atoms with Crippen LogP contribution in [0.25, 0.3) is 0 Å². The summed E-state index contributed by atoms with van der Waals surface area (Å²) >= 11 is 0. The van der Waals surface area contributed by atoms with E-state index >= 15 is 0 Å². The summed E-state index contributed by atoms with van der Waals surface area (Å²) in [5.41, 5.74) is 0. The van der Waals surface area contributed by atoms with Gasteiger partial charge < -0.3 is 9.16 Å². The minimum Gasteiger partial charge on any atom is -0.547 e. The predicted octanol–water partition coefficient (Wildman–Crippen LogP) is 2.08. The van der Waals surface area contributed by atoms with Crippen LogP contribution in [0.2, 0.25) is 19.6 Å². The van der Waals surface area contributed by atoms with E-state index in [-0.39, 0.29) is 35.6 Å². The highest BCUT2D eigenvalue weighted by Crippen LogP contribution is 2.52. The van der Waals surface area contributed by atoms with Crippen molar-refractivity contribution in [1.29, 1.82) is 0 Å². The van der Waals surface area contributed by atoms with Crippen molar-refractivity contribution < 1.29 is 18.8 Å². The molecular weight excluding hydrogens is 248 g/mol. The van der Waals surface area contributed by atoms with Gasteiger partial charge in [0.25, 0.3) is 0 Å². The van der Waals surface area contributed by atoms with Gasteiger partial charge in [0.2, 0.25) is 8.32 Å². The Bertz CT molecular complexity index is 448. The van der Waals surface area contributed by atoms with Crippen molar-refractivity contribution in [2.75, 3.05) is 0 Å². The standard InChI is InChI=1S/C13H18O4Si/c1-18(2,3)17-9-6-7-4-5-8(9)11-10(7)12(14)16-13(11)15/h6-8,10-11H,4-5H2,1-3H3. The summed E-state index contributed by atoms with van der Waals surface area (Å²) in [7, 11) is -1.67. The van der Waals surface area contributed by atoms with E-state index in [0.29, 0.717) is 0 Å². The molecule has 4 atom stereocenters. The van der Waals surface area contributed by atoms with Gasteiger partial charge in [0.15, 0.2) is 0 Å². The number of fused-ring (bicyclic) bond motifs is 1. The second-order valence-electron chi connectivity index (χ2n) is 6.42. The lowest BCUT2D eigenvalue weighted by molar-refractivity contribution is -0.154. The van der Waals surface area contributed by atoms with E-state index in [2.05, 4.69) is 25.7 Å². The predicted molar refractivity (Wildman–Crippen MR) is 66.8 cm³/mol. The molecule has 1 saturated carbocycles. The maximum atomic E-state index is 11.8. The summed E-state index contributed by atoms with van der Waals surface area (Å²) in [6.45, 7) is 6.39. The number of rotatable bonds is 2. The van der Waals surface area contributed by atoms with Crippen LogP contribution in [0, 0.1) is 23.7 Å². The second-order valence-corrected chi connectivity index (χ2v) is 10.9. The molecule has 2 bridgehead atoms. The van der Waals surface area contributed by atoms with E-state index in [9.17, 15) is 9.59 Å². The molecule has 0 amide bonds. The van der Waals surface area contributed by atoms with E-state index in [1.165, 1.54) is 0 Å². The van der Waals surface area contributed by atoms with Crippen LogP contribution in [-0.4, -0.2) is 20.3 Å². The first kappa shape index (κ1) is 12.0. The lowest BCUT2D eigenvalue weighted by Gasteiger charge is -2.42. The molecule has 0 radical (unpaired) electrons. The third-order valence-electron chi connectivity index (χ3n) is 4.01. The van der Waals surface area contributed by atoms with Gasteiger partial charge in [0.1, 0.15) is 0 Å². The largest absolute Gasteiger partial charge is 0.547 e. The van der Waals surface area contributed by atoms with Crippen LogP contribution in [0.1, 0.15) is 12.8 Å². The quantitative estimate of drug-likeness (QED) is 0.436. The molecule has 0 spiro atoms. The summed E-state index contributed by atoms with van der Waals surface area (Å²) in [6, 6.07) is 0. The lowest BCUT2D eigenvalue weighted by Crippen LogP contribution is -2.43. The van der Waals surface area contributed by atoms with Gasteiger partial charge in [-0.2, -0.15) is 0 Å². The monoisotopic (exact) mass is 266 g/mol. The number of allylic oxidation sites excluding steroid dienone is 2. The highest BCUT2D eigenvalue weighted by atomic mass is 28.4. The maximum absolute atomic E-state index is 11.8. The van der Waals surface area contributed by atoms with Crippen molar-refractivity contribution >= 4 is 20.3 Å². The summed E-state index contributed by atoms with van der Waals surface area (Å²) in [6.07, 6.45) is 3.98. The number of carbonyl (C=O) groups is 2. The van der Waals surface area contributed by atoms with E-state index in [1.54, 1.807) is 0 Å². The molecule has 5 heteroatoms. The van der Waals surface area contributed by atoms with Crippen molar-refractivity contribution in [1.82, 2.24) is 0 Å². The minimum atomic E-state index is -1.67. The zero-order valence-electron chi connectivity index (χ0n) is 10.9. The fraction of sp³-hybridized carbons (Fsp3) is 0.692. The Morgan fingerprint density at radius 1 is 1.17 bits per heavy atom. The van der Waals surface area contributed by atoms with E-state index in [4.69, 9.17) is 9.16 Å². The molecule has 0 aromatic rings. The first-order valence-corrected chi connectivity index (χ1v) is 9.94. The van der Waals surface area contributed by atoms with Crippen molar-refractivity contribution in [3.8, 4) is 0 Å². The summed E-state index contributed by atoms with van der Waals surface area (Å²) in [5, 5.41) is 0. The molecule has 4 unspecified atom stereocenters. The third-order valence-corrected chi connectivity index (χ3v) is 4.85. The number of carbonyl (C=O) groups excluding carboxylic acids is 2. The highest BCUT2D eigenvalue weighted by molar-refractivity contribution is 6.70. The van der Waals surface area contributed by atoms with Crippen LogP contribution in [0.5, 0.6) is 0 Å². The van der Waals surface area contributed by atoms with Crippen molar-refractivity contribution in [3.05, 3.63) is 11.8 Å². The number of ether oxygens (including phenoxy) is 1. The molecule has 98 valence electrons. The lowest BCUT2D eigenvalue weighted by atomic mass is 9.62. The van der Waals surface area contributed by atoms with Gasteiger partial charge in [-0.3, -0.25) is 9.59 Å². The minimum absolute atomic E-state index is 0.0608. The number of cyclic esters (lactones) is 2. The molecule has 0 aromatic heterocycles. The van der Waals surface area contributed by atoms with Crippen LogP contribution in [0.15, 0.2) is 11.8 Å². The Kier molecular flexibility index (Phi) is 2.45. The molecule has 3 aliphatic carbocycles. The molecule has 1 saturated heterocycles. The maximum Gasteiger partial charge on any atom is 0.318 e. The molecule has 2 fully saturated rings. The topological polar surface area (TPSA) is 52.6 Å². The Labute approximate surface area is 107 Å². The van der Waals surface area contributed by atoms with Crippen molar-refractivity contribution in [2.24, 2.45) is 23.7 Å². The van der Waals surface area contributed by atoms with Crippen LogP contribution < -0.4 is 0 Å². The van der Waals surface area contributed by atoms with Gasteiger partial charge in [-0.25, -0.2) is 0 Å². The van der Waals surface area contributed by atoms with Crippen LogP contribution in [0.4, 0.5) is 0 Å². The fourth-order valence-electron chi connectivity index (χ4n) is 3.42. The zero-order valence-corrected chi connectivity index (χ0v) is 11.9. The zero-order chi connectivity index (χ0) is 13.1. The summed E-state index contributed by atoms with van der Waals surface area (Å²) in [4.78, 5) is 23.5. The normalized spacial score (nSPS) is 38.3. The van der Waals surface area contributed by atoms with Gasteiger partial charge >= 0.3 is 11.9 Å². The molecular formula is C13H18O4Si. The Morgan fingerprint density at radius 3 is 2.50 bits per heavy atom. The first-order valence-electron chi connectivity index (χ1n) is 6.53. The van der Waals surface area contributed by atoms with Gasteiger partial charge in [-0.15, -0.1) is 0 Å². The highest BCUT2D eigenvalue weighted by Gasteiger charge is 2.57. The third kappa shape index (κ3) is 1.72. The summed E-state index contributed by atoms with van der Waals surface area (Å²) in [5.74, 6) is -0.0698. The van der Waals surface area contributed by atoms with Gasteiger partial charge in [0, 0.05) is 5.92 Å². The first-order chi connectivity index (χ1) is 8.37. The van der Waals surface area contributed by atoms with Crippen LogP contribution in [-0.2, 0) is 18.8 Å². The Balaban J connectivity index is 1.93. The van der Waals surface area contributed by atoms with Crippen molar-refractivity contribution in [2.45, 2.75) is 32.5 Å². The number of hydrogen-bond donors (Lipinski definition) is 0. The smallest absolute Gasteiger partial charge is 0.318 e. The molecule has 0 aromatic carbocycles. The van der Waals surface area contributed by atoms with E-state index in [1.807, 2.05) is 0 Å². The van der Waals surface area contributed by atoms with Crippen molar-refractivity contribution in [3.63, 3.8) is 0 Å². The van der Waals surface area contributed by atoms with Crippen LogP contribution in [0.3, 0.4) is 0 Å². The van der Waals surface area contributed by atoms with E-state index in [0.717, 1.165) is 18.6 Å². The molecule has 4 nitrogen and oxygen atoms in total. The molecule has 0 N–H and O–H groups in total. The molecule has 4 aliphatic rings. The Morgan fingerprint density at radius 2 is 1.83 bits per heavy atom. The van der Waals surface area contributed by atoms with Gasteiger partial charge in [-0.05, 0) is 44.5 Å². The average Bonchev–Trinajstić information content (AvgIpc) is 2.55. The molecule has 1 aliphatic heterocycles. The molecule has 18 heavy (non-hydrogen) atoms. The molecule has 4 rings (SSSR count). The number of hydrogen-bond acceptors (Lipinski definition) is 4. The number of esters is 2. The summed E-state index contributed by atoms with van der Waals surface area (Å²) < 4.78 is 10.9. The fourth-order valence-corrected chi connectivity index (χ4v) is 4.35. The SMILES string of the molecule is C[Si](C)(C)OC1=CC2CCC1C1C(=O)OC(=O)C21.